The van der Waals surface area contributed by atoms with Crippen molar-refractivity contribution in [3.63, 3.8) is 0 Å². The van der Waals surface area contributed by atoms with E-state index in [1.165, 1.54) is 0 Å². The highest BCUT2D eigenvalue weighted by atomic mass is 16.1. The normalized spacial score (nSPS) is 10.2. The first kappa shape index (κ1) is 11.1. The molecule has 0 saturated heterocycles. The fraction of sp³-hybridized carbons (Fsp3) is 0.750. The Kier molecular flexibility index (Phi) is 5.28. The number of Topliss-reactive ketones (excluding diaryl/α,β-unsaturated/α-hetero) is 1. The molecule has 0 heterocycles. The second-order valence-corrected chi connectivity index (χ2v) is 3.04. The van der Waals surface area contributed by atoms with Crippen molar-refractivity contribution in [3.8, 4) is 0 Å². The monoisotopic (exact) mass is 172 g/mol. The Balaban J connectivity index is 3.40. The van der Waals surface area contributed by atoms with E-state index in [1.54, 1.807) is 0 Å². The molecule has 0 saturated carbocycles. The van der Waals surface area contributed by atoms with Crippen LogP contribution in [0.1, 0.15) is 26.7 Å². The quantitative estimate of drug-likeness (QED) is 0.583. The third-order valence-corrected chi connectivity index (χ3v) is 1.36. The van der Waals surface area contributed by atoms with E-state index in [0.717, 1.165) is 0 Å². The molecule has 0 fully saturated rings. The van der Waals surface area contributed by atoms with Crippen LogP contribution in [-0.4, -0.2) is 24.3 Å². The molecule has 3 N–H and O–H groups in total. The minimum absolute atomic E-state index is 0.0301. The van der Waals surface area contributed by atoms with Crippen LogP contribution in [0, 0.1) is 0 Å². The first-order valence-electron chi connectivity index (χ1n) is 4.05. The van der Waals surface area contributed by atoms with Crippen LogP contribution in [0.4, 0.5) is 0 Å². The Hall–Kier alpha value is -0.900. The molecule has 0 unspecified atom stereocenters. The summed E-state index contributed by atoms with van der Waals surface area (Å²) in [5, 5.41) is 2.97. The summed E-state index contributed by atoms with van der Waals surface area (Å²) >= 11 is 0. The standard InChI is InChI=1S/C8H16N2O2/c1-6(2)10-5-7(11)3-4-8(9)12/h6,10H,3-5H2,1-2H3,(H2,9,12). The number of hydrogen-bond acceptors (Lipinski definition) is 3. The Morgan fingerprint density at radius 1 is 1.33 bits per heavy atom. The average Bonchev–Trinajstić information content (AvgIpc) is 1.96. The lowest BCUT2D eigenvalue weighted by Crippen LogP contribution is -2.29. The zero-order valence-electron chi connectivity index (χ0n) is 7.59. The van der Waals surface area contributed by atoms with E-state index >= 15 is 0 Å². The van der Waals surface area contributed by atoms with Gasteiger partial charge >= 0.3 is 0 Å². The van der Waals surface area contributed by atoms with Crippen LogP contribution in [0.2, 0.25) is 0 Å². The zero-order valence-corrected chi connectivity index (χ0v) is 7.59. The number of rotatable bonds is 6. The van der Waals surface area contributed by atoms with Gasteiger partial charge in [-0.15, -0.1) is 0 Å². The topological polar surface area (TPSA) is 72.2 Å². The smallest absolute Gasteiger partial charge is 0.217 e. The van der Waals surface area contributed by atoms with Crippen molar-refractivity contribution in [2.75, 3.05) is 6.54 Å². The number of primary amides is 1. The molecule has 0 aromatic carbocycles. The Bertz CT molecular complexity index is 166. The van der Waals surface area contributed by atoms with Gasteiger partial charge in [0.15, 0.2) is 0 Å². The largest absolute Gasteiger partial charge is 0.370 e. The third kappa shape index (κ3) is 7.21. The average molecular weight is 172 g/mol. The van der Waals surface area contributed by atoms with Crippen LogP contribution < -0.4 is 11.1 Å². The van der Waals surface area contributed by atoms with Gasteiger partial charge in [0.25, 0.3) is 0 Å². The Morgan fingerprint density at radius 2 is 1.92 bits per heavy atom. The molecule has 0 aromatic rings. The van der Waals surface area contributed by atoms with Crippen LogP contribution >= 0.6 is 0 Å². The lowest BCUT2D eigenvalue weighted by atomic mass is 10.2. The zero-order chi connectivity index (χ0) is 9.56. The van der Waals surface area contributed by atoms with E-state index in [4.69, 9.17) is 5.73 Å². The molecule has 0 atom stereocenters. The number of carbonyl (C=O) groups excluding carboxylic acids is 2. The van der Waals surface area contributed by atoms with Crippen molar-refractivity contribution in [2.24, 2.45) is 5.73 Å². The van der Waals surface area contributed by atoms with Crippen molar-refractivity contribution < 1.29 is 9.59 Å². The minimum Gasteiger partial charge on any atom is -0.370 e. The summed E-state index contributed by atoms with van der Waals surface area (Å²) in [7, 11) is 0. The van der Waals surface area contributed by atoms with E-state index in [-0.39, 0.29) is 18.6 Å². The van der Waals surface area contributed by atoms with E-state index < -0.39 is 5.91 Å². The van der Waals surface area contributed by atoms with E-state index in [9.17, 15) is 9.59 Å². The fourth-order valence-corrected chi connectivity index (χ4v) is 0.669. The molecule has 70 valence electrons. The van der Waals surface area contributed by atoms with Crippen molar-refractivity contribution in [2.45, 2.75) is 32.7 Å². The highest BCUT2D eigenvalue weighted by molar-refractivity contribution is 5.85. The van der Waals surface area contributed by atoms with Crippen LogP contribution in [0.5, 0.6) is 0 Å². The molecule has 4 heteroatoms. The van der Waals surface area contributed by atoms with Gasteiger partial charge in [-0.1, -0.05) is 13.8 Å². The number of ketones is 1. The van der Waals surface area contributed by atoms with Gasteiger partial charge in [-0.05, 0) is 0 Å². The lowest BCUT2D eigenvalue weighted by Gasteiger charge is -2.05. The number of nitrogens with one attached hydrogen (secondary N) is 1. The van der Waals surface area contributed by atoms with Crippen molar-refractivity contribution >= 4 is 11.7 Å². The van der Waals surface area contributed by atoms with Gasteiger partial charge in [0.05, 0.1) is 6.54 Å². The van der Waals surface area contributed by atoms with Crippen LogP contribution in [0.3, 0.4) is 0 Å². The van der Waals surface area contributed by atoms with Gasteiger partial charge in [-0.25, -0.2) is 0 Å². The van der Waals surface area contributed by atoms with Gasteiger partial charge in [0, 0.05) is 18.9 Å². The molecule has 0 aliphatic heterocycles. The Labute approximate surface area is 72.5 Å². The lowest BCUT2D eigenvalue weighted by molar-refractivity contribution is -0.123. The summed E-state index contributed by atoms with van der Waals surface area (Å²) in [5.74, 6) is -0.393. The molecule has 4 nitrogen and oxygen atoms in total. The molecular weight excluding hydrogens is 156 g/mol. The van der Waals surface area contributed by atoms with E-state index in [2.05, 4.69) is 5.32 Å². The fourth-order valence-electron chi connectivity index (χ4n) is 0.669. The SMILES string of the molecule is CC(C)NCC(=O)CCC(N)=O. The molecule has 1 amide bonds. The van der Waals surface area contributed by atoms with E-state index in [1.807, 2.05) is 13.8 Å². The predicted octanol–water partition coefficient (Wildman–Crippen LogP) is -0.181. The third-order valence-electron chi connectivity index (χ3n) is 1.36. The molecule has 0 radical (unpaired) electrons. The van der Waals surface area contributed by atoms with Crippen LogP contribution in [-0.2, 0) is 9.59 Å². The number of nitrogens with two attached hydrogens (primary N) is 1. The Morgan fingerprint density at radius 3 is 2.33 bits per heavy atom. The summed E-state index contributed by atoms with van der Waals surface area (Å²) in [6.07, 6.45) is 0.396. The summed E-state index contributed by atoms with van der Waals surface area (Å²) in [6, 6.07) is 0.294. The molecular formula is C8H16N2O2. The minimum atomic E-state index is -0.423. The van der Waals surface area contributed by atoms with Gasteiger partial charge in [-0.3, -0.25) is 9.59 Å². The molecule has 0 bridgehead atoms. The van der Waals surface area contributed by atoms with Gasteiger partial charge in [-0.2, -0.15) is 0 Å². The molecule has 0 rings (SSSR count). The summed E-state index contributed by atoms with van der Waals surface area (Å²) < 4.78 is 0. The number of carbonyl (C=O) groups is 2. The van der Waals surface area contributed by atoms with Crippen LogP contribution in [0.25, 0.3) is 0 Å². The highest BCUT2D eigenvalue weighted by Gasteiger charge is 2.04. The first-order chi connectivity index (χ1) is 5.52. The van der Waals surface area contributed by atoms with Crippen molar-refractivity contribution in [1.29, 1.82) is 0 Å². The maximum atomic E-state index is 11.0. The molecule has 0 aliphatic carbocycles. The van der Waals surface area contributed by atoms with E-state index in [0.29, 0.717) is 12.6 Å². The molecule has 0 spiro atoms. The second kappa shape index (κ2) is 5.71. The molecule has 0 aromatic heterocycles. The predicted molar refractivity (Wildman–Crippen MR) is 46.6 cm³/mol. The first-order valence-corrected chi connectivity index (χ1v) is 4.05. The summed E-state index contributed by atoms with van der Waals surface area (Å²) in [5.41, 5.74) is 4.89. The second-order valence-electron chi connectivity index (χ2n) is 3.04. The molecule has 12 heavy (non-hydrogen) atoms. The maximum Gasteiger partial charge on any atom is 0.217 e. The van der Waals surface area contributed by atoms with Crippen LogP contribution in [0.15, 0.2) is 0 Å². The van der Waals surface area contributed by atoms with Crippen molar-refractivity contribution in [1.82, 2.24) is 5.32 Å². The van der Waals surface area contributed by atoms with Gasteiger partial charge in [0.1, 0.15) is 5.78 Å². The summed E-state index contributed by atoms with van der Waals surface area (Å²) in [6.45, 7) is 4.24. The van der Waals surface area contributed by atoms with Gasteiger partial charge in [0.2, 0.25) is 5.91 Å². The van der Waals surface area contributed by atoms with Crippen molar-refractivity contribution in [3.05, 3.63) is 0 Å². The highest BCUT2D eigenvalue weighted by Crippen LogP contribution is 1.89. The molecule has 0 aliphatic rings. The van der Waals surface area contributed by atoms with Gasteiger partial charge < -0.3 is 11.1 Å². The maximum absolute atomic E-state index is 11.0. The number of amides is 1. The number of hydrogen-bond donors (Lipinski definition) is 2. The summed E-state index contributed by atoms with van der Waals surface area (Å²) in [4.78, 5) is 21.3.